The smallest absolute Gasteiger partial charge is 0.0369 e. The van der Waals surface area contributed by atoms with Crippen molar-refractivity contribution in [3.8, 4) is 0 Å². The van der Waals surface area contributed by atoms with E-state index in [-0.39, 0.29) is 5.54 Å². The Morgan fingerprint density at radius 3 is 2.56 bits per heavy atom. The summed E-state index contributed by atoms with van der Waals surface area (Å²) in [6, 6.07) is 8.95. The second-order valence-electron chi connectivity index (χ2n) is 6.00. The van der Waals surface area contributed by atoms with Gasteiger partial charge in [-0.05, 0) is 44.0 Å². The van der Waals surface area contributed by atoms with Crippen LogP contribution in [0.1, 0.15) is 18.4 Å². The van der Waals surface area contributed by atoms with Crippen molar-refractivity contribution in [1.82, 2.24) is 4.90 Å². The van der Waals surface area contributed by atoms with E-state index in [4.69, 9.17) is 5.73 Å². The van der Waals surface area contributed by atoms with Gasteiger partial charge in [-0.3, -0.25) is 0 Å². The van der Waals surface area contributed by atoms with Gasteiger partial charge in [-0.2, -0.15) is 0 Å². The third-order valence-electron chi connectivity index (χ3n) is 4.23. The summed E-state index contributed by atoms with van der Waals surface area (Å²) in [6.45, 7) is 4.58. The van der Waals surface area contributed by atoms with Gasteiger partial charge in [-0.25, -0.2) is 0 Å². The van der Waals surface area contributed by atoms with Crippen LogP contribution in [0.25, 0.3) is 0 Å². The Morgan fingerprint density at radius 2 is 1.89 bits per heavy atom. The maximum Gasteiger partial charge on any atom is 0.0369 e. The zero-order valence-electron chi connectivity index (χ0n) is 11.2. The van der Waals surface area contributed by atoms with E-state index in [0.717, 1.165) is 32.6 Å². The van der Waals surface area contributed by atoms with Crippen LogP contribution in [0.2, 0.25) is 0 Å². The van der Waals surface area contributed by atoms with Crippen molar-refractivity contribution in [2.45, 2.75) is 24.8 Å². The average Bonchev–Trinajstić information content (AvgIpc) is 3.08. The number of benzene rings is 1. The number of rotatable bonds is 3. The Morgan fingerprint density at radius 1 is 1.17 bits per heavy atom. The number of anilines is 1. The highest BCUT2D eigenvalue weighted by Gasteiger charge is 2.37. The van der Waals surface area contributed by atoms with Gasteiger partial charge in [0.1, 0.15) is 0 Å². The predicted molar refractivity (Wildman–Crippen MR) is 76.0 cm³/mol. The lowest BCUT2D eigenvalue weighted by molar-refractivity contribution is 0.313. The molecule has 98 valence electrons. The molecule has 0 aromatic heterocycles. The molecule has 2 aliphatic rings. The molecule has 1 aliphatic carbocycles. The summed E-state index contributed by atoms with van der Waals surface area (Å²) in [4.78, 5) is 4.87. The Labute approximate surface area is 110 Å². The van der Waals surface area contributed by atoms with Gasteiger partial charge in [0.25, 0.3) is 0 Å². The van der Waals surface area contributed by atoms with Gasteiger partial charge < -0.3 is 15.5 Å². The number of nitrogens with zero attached hydrogens (tertiary/aromatic N) is 2. The standard InChI is InChI=1S/C15H23N3/c1-17-7-9-18(10-8-17)14-4-2-3-13(11-14)12-15(16)5-6-15/h2-4,11H,5-10,12,16H2,1H3. The van der Waals surface area contributed by atoms with Gasteiger partial charge >= 0.3 is 0 Å². The van der Waals surface area contributed by atoms with Crippen LogP contribution in [-0.4, -0.2) is 43.7 Å². The molecular formula is C15H23N3. The molecule has 0 radical (unpaired) electrons. The van der Waals surface area contributed by atoms with E-state index < -0.39 is 0 Å². The minimum absolute atomic E-state index is 0.112. The minimum Gasteiger partial charge on any atom is -0.369 e. The molecule has 1 heterocycles. The normalized spacial score (nSPS) is 23.1. The topological polar surface area (TPSA) is 32.5 Å². The van der Waals surface area contributed by atoms with Crippen molar-refractivity contribution < 1.29 is 0 Å². The first-order valence-electron chi connectivity index (χ1n) is 6.96. The van der Waals surface area contributed by atoms with Crippen molar-refractivity contribution in [3.63, 3.8) is 0 Å². The quantitative estimate of drug-likeness (QED) is 0.875. The zero-order valence-corrected chi connectivity index (χ0v) is 11.2. The first-order valence-corrected chi connectivity index (χ1v) is 6.96. The summed E-state index contributed by atoms with van der Waals surface area (Å²) in [5.74, 6) is 0. The molecule has 1 aromatic carbocycles. The van der Waals surface area contributed by atoms with Gasteiger partial charge in [-0.15, -0.1) is 0 Å². The summed E-state index contributed by atoms with van der Waals surface area (Å²) < 4.78 is 0. The number of nitrogens with two attached hydrogens (primary N) is 1. The van der Waals surface area contributed by atoms with Crippen molar-refractivity contribution >= 4 is 5.69 Å². The number of piperazine rings is 1. The summed E-state index contributed by atoms with van der Waals surface area (Å²) in [5, 5.41) is 0. The lowest BCUT2D eigenvalue weighted by Gasteiger charge is -2.34. The van der Waals surface area contributed by atoms with Crippen LogP contribution in [0.15, 0.2) is 24.3 Å². The SMILES string of the molecule is CN1CCN(c2cccc(CC3(N)CC3)c2)CC1. The summed E-state index contributed by atoms with van der Waals surface area (Å²) in [6.07, 6.45) is 3.41. The average molecular weight is 245 g/mol. The molecule has 3 rings (SSSR count). The largest absolute Gasteiger partial charge is 0.369 e. The maximum absolute atomic E-state index is 6.21. The minimum atomic E-state index is 0.112. The molecule has 1 aliphatic heterocycles. The van der Waals surface area contributed by atoms with E-state index >= 15 is 0 Å². The molecule has 3 nitrogen and oxygen atoms in total. The monoisotopic (exact) mass is 245 g/mol. The number of hydrogen-bond acceptors (Lipinski definition) is 3. The first-order chi connectivity index (χ1) is 8.65. The molecule has 0 amide bonds. The molecule has 3 heteroatoms. The second-order valence-corrected chi connectivity index (χ2v) is 6.00. The van der Waals surface area contributed by atoms with Crippen molar-refractivity contribution in [1.29, 1.82) is 0 Å². The predicted octanol–water partition coefficient (Wildman–Crippen LogP) is 1.47. The summed E-state index contributed by atoms with van der Waals surface area (Å²) >= 11 is 0. The molecule has 2 fully saturated rings. The maximum atomic E-state index is 6.21. The highest BCUT2D eigenvalue weighted by atomic mass is 15.2. The Kier molecular flexibility index (Phi) is 3.04. The van der Waals surface area contributed by atoms with E-state index in [1.807, 2.05) is 0 Å². The molecule has 18 heavy (non-hydrogen) atoms. The van der Waals surface area contributed by atoms with Crippen LogP contribution >= 0.6 is 0 Å². The molecule has 2 N–H and O–H groups in total. The van der Waals surface area contributed by atoms with Crippen molar-refractivity contribution in [2.75, 3.05) is 38.1 Å². The van der Waals surface area contributed by atoms with Crippen molar-refractivity contribution in [3.05, 3.63) is 29.8 Å². The fourth-order valence-corrected chi connectivity index (χ4v) is 2.67. The highest BCUT2D eigenvalue weighted by molar-refractivity contribution is 5.49. The highest BCUT2D eigenvalue weighted by Crippen LogP contribution is 2.36. The van der Waals surface area contributed by atoms with Gasteiger partial charge in [0.2, 0.25) is 0 Å². The van der Waals surface area contributed by atoms with E-state index in [2.05, 4.69) is 41.1 Å². The summed E-state index contributed by atoms with van der Waals surface area (Å²) in [7, 11) is 2.19. The Hall–Kier alpha value is -1.06. The van der Waals surface area contributed by atoms with Crippen LogP contribution in [0.5, 0.6) is 0 Å². The van der Waals surface area contributed by atoms with E-state index in [1.165, 1.54) is 24.1 Å². The molecular weight excluding hydrogens is 222 g/mol. The molecule has 1 saturated carbocycles. The van der Waals surface area contributed by atoms with Crippen LogP contribution in [0.3, 0.4) is 0 Å². The number of likely N-dealkylation sites (N-methyl/N-ethyl adjacent to an activating group) is 1. The molecule has 0 bridgehead atoms. The van der Waals surface area contributed by atoms with E-state index in [1.54, 1.807) is 0 Å². The molecule has 1 aromatic rings. The van der Waals surface area contributed by atoms with Crippen LogP contribution in [-0.2, 0) is 6.42 Å². The van der Waals surface area contributed by atoms with Gasteiger partial charge in [0.05, 0.1) is 0 Å². The lowest BCUT2D eigenvalue weighted by atomic mass is 10.0. The van der Waals surface area contributed by atoms with E-state index in [9.17, 15) is 0 Å². The van der Waals surface area contributed by atoms with Gasteiger partial charge in [-0.1, -0.05) is 12.1 Å². The van der Waals surface area contributed by atoms with Gasteiger partial charge in [0.15, 0.2) is 0 Å². The van der Waals surface area contributed by atoms with Crippen LogP contribution < -0.4 is 10.6 Å². The molecule has 0 spiro atoms. The Bertz CT molecular complexity index is 418. The zero-order chi connectivity index (χ0) is 12.6. The molecule has 0 atom stereocenters. The number of hydrogen-bond donors (Lipinski definition) is 1. The third kappa shape index (κ3) is 2.68. The van der Waals surface area contributed by atoms with Crippen LogP contribution in [0, 0.1) is 0 Å². The first kappa shape index (κ1) is 12.0. The third-order valence-corrected chi connectivity index (χ3v) is 4.23. The fourth-order valence-electron chi connectivity index (χ4n) is 2.67. The second kappa shape index (κ2) is 4.56. The van der Waals surface area contributed by atoms with Crippen molar-refractivity contribution in [2.24, 2.45) is 5.73 Å². The van der Waals surface area contributed by atoms with Gasteiger partial charge in [0, 0.05) is 37.4 Å². The molecule has 0 unspecified atom stereocenters. The molecule has 1 saturated heterocycles. The Balaban J connectivity index is 1.70. The van der Waals surface area contributed by atoms with Crippen LogP contribution in [0.4, 0.5) is 5.69 Å². The lowest BCUT2D eigenvalue weighted by Crippen LogP contribution is -2.44. The van der Waals surface area contributed by atoms with E-state index in [0.29, 0.717) is 0 Å². The fraction of sp³-hybridized carbons (Fsp3) is 0.600. The summed E-state index contributed by atoms with van der Waals surface area (Å²) in [5.41, 5.74) is 9.08.